The lowest BCUT2D eigenvalue weighted by Gasteiger charge is -2.12. The van der Waals surface area contributed by atoms with Gasteiger partial charge in [-0.15, -0.1) is 0 Å². The normalized spacial score (nSPS) is 11.6. The molecule has 0 unspecified atom stereocenters. The Bertz CT molecular complexity index is 1160. The second kappa shape index (κ2) is 19.4. The van der Waals surface area contributed by atoms with Crippen LogP contribution in [0.2, 0.25) is 0 Å². The Morgan fingerprint density at radius 1 is 0.878 bits per heavy atom. The van der Waals surface area contributed by atoms with Crippen LogP contribution in [0.1, 0.15) is 103 Å². The summed E-state index contributed by atoms with van der Waals surface area (Å²) >= 11 is 0. The summed E-state index contributed by atoms with van der Waals surface area (Å²) in [7, 11) is 1.69. The molecule has 0 atom stereocenters. The lowest BCUT2D eigenvalue weighted by atomic mass is 10.0. The van der Waals surface area contributed by atoms with Crippen molar-refractivity contribution in [2.45, 2.75) is 110 Å². The molecular weight excluding hydrogens is 514 g/mol. The molecule has 0 saturated carbocycles. The second-order valence-corrected chi connectivity index (χ2v) is 11.1. The molecule has 0 saturated heterocycles. The van der Waals surface area contributed by atoms with Crippen molar-refractivity contribution in [3.63, 3.8) is 0 Å². The number of nitrogens with zero attached hydrogens (tertiary/aromatic N) is 3. The van der Waals surface area contributed by atoms with Gasteiger partial charge in [-0.2, -0.15) is 0 Å². The molecule has 1 aromatic carbocycles. The Morgan fingerprint density at radius 2 is 1.54 bits per heavy atom. The number of imidazole rings is 1. The number of aromatic nitrogens is 3. The van der Waals surface area contributed by atoms with E-state index in [0.29, 0.717) is 51.6 Å². The van der Waals surface area contributed by atoms with E-state index in [2.05, 4.69) is 27.9 Å². The molecule has 0 spiro atoms. The number of nitrogens with two attached hydrogens (primary N) is 1. The third kappa shape index (κ3) is 11.2. The number of rotatable bonds is 23. The molecule has 0 aliphatic heterocycles. The van der Waals surface area contributed by atoms with Crippen LogP contribution in [0.5, 0.6) is 0 Å². The van der Waals surface area contributed by atoms with E-state index in [1.165, 1.54) is 70.6 Å². The highest BCUT2D eigenvalue weighted by Gasteiger charge is 2.17. The van der Waals surface area contributed by atoms with Gasteiger partial charge in [-0.05, 0) is 12.5 Å². The average Bonchev–Trinajstić information content (AvgIpc) is 3.35. The SMILES string of the molecule is CCCCCCCCCCCCCCCC(=O)NCCOCCn1c(CCOC)nc2c(N)nc3ccccc3c21. The van der Waals surface area contributed by atoms with Crippen molar-refractivity contribution in [3.8, 4) is 0 Å². The molecule has 2 heterocycles. The van der Waals surface area contributed by atoms with Crippen LogP contribution in [0.3, 0.4) is 0 Å². The van der Waals surface area contributed by atoms with Gasteiger partial charge in [-0.25, -0.2) is 9.97 Å². The van der Waals surface area contributed by atoms with Crippen molar-refractivity contribution < 1.29 is 14.3 Å². The zero-order valence-electron chi connectivity index (χ0n) is 25.6. The summed E-state index contributed by atoms with van der Waals surface area (Å²) in [6.45, 7) is 4.99. The first kappa shape index (κ1) is 32.8. The van der Waals surface area contributed by atoms with Gasteiger partial charge < -0.3 is 25.1 Å². The maximum Gasteiger partial charge on any atom is 0.220 e. The molecule has 3 N–H and O–H groups in total. The number of methoxy groups -OCH3 is 1. The lowest BCUT2D eigenvalue weighted by Crippen LogP contribution is -2.27. The Kier molecular flexibility index (Phi) is 15.5. The number of amides is 1. The van der Waals surface area contributed by atoms with Crippen molar-refractivity contribution in [1.82, 2.24) is 19.9 Å². The zero-order chi connectivity index (χ0) is 29.1. The van der Waals surface area contributed by atoms with Gasteiger partial charge in [0.2, 0.25) is 5.91 Å². The van der Waals surface area contributed by atoms with Crippen LogP contribution in [0.4, 0.5) is 5.82 Å². The highest BCUT2D eigenvalue weighted by Crippen LogP contribution is 2.29. The van der Waals surface area contributed by atoms with Crippen molar-refractivity contribution in [1.29, 1.82) is 0 Å². The van der Waals surface area contributed by atoms with E-state index in [4.69, 9.17) is 20.2 Å². The number of pyridine rings is 1. The van der Waals surface area contributed by atoms with Crippen LogP contribution in [-0.4, -0.2) is 53.9 Å². The van der Waals surface area contributed by atoms with E-state index in [0.717, 1.165) is 40.6 Å². The summed E-state index contributed by atoms with van der Waals surface area (Å²) in [5.74, 6) is 1.46. The van der Waals surface area contributed by atoms with Gasteiger partial charge >= 0.3 is 0 Å². The maximum absolute atomic E-state index is 12.2. The number of carbonyl (C=O) groups is 1. The van der Waals surface area contributed by atoms with E-state index in [1.807, 2.05) is 18.2 Å². The first-order valence-electron chi connectivity index (χ1n) is 16.0. The summed E-state index contributed by atoms with van der Waals surface area (Å²) < 4.78 is 13.4. The molecular formula is C33H53N5O3. The molecule has 1 amide bonds. The van der Waals surface area contributed by atoms with Crippen LogP contribution >= 0.6 is 0 Å². The average molecular weight is 568 g/mol. The first-order valence-corrected chi connectivity index (χ1v) is 16.0. The van der Waals surface area contributed by atoms with Gasteiger partial charge in [0.05, 0.1) is 30.9 Å². The fourth-order valence-electron chi connectivity index (χ4n) is 5.44. The van der Waals surface area contributed by atoms with Gasteiger partial charge in [-0.3, -0.25) is 4.79 Å². The summed E-state index contributed by atoms with van der Waals surface area (Å²) in [5, 5.41) is 4.02. The number of nitrogen functional groups attached to an aromatic ring is 1. The molecule has 0 aliphatic carbocycles. The number of unbranched alkanes of at least 4 members (excludes halogenated alkanes) is 12. The molecule has 0 bridgehead atoms. The highest BCUT2D eigenvalue weighted by atomic mass is 16.5. The predicted octanol–water partition coefficient (Wildman–Crippen LogP) is 6.97. The molecule has 3 rings (SSSR count). The van der Waals surface area contributed by atoms with Gasteiger partial charge in [0.25, 0.3) is 0 Å². The first-order chi connectivity index (χ1) is 20.2. The monoisotopic (exact) mass is 567 g/mol. The minimum Gasteiger partial charge on any atom is -0.384 e. The molecule has 41 heavy (non-hydrogen) atoms. The minimum atomic E-state index is 0.119. The minimum absolute atomic E-state index is 0.119. The summed E-state index contributed by atoms with van der Waals surface area (Å²) in [5.41, 5.74) is 8.81. The van der Waals surface area contributed by atoms with Gasteiger partial charge in [-0.1, -0.05) is 102 Å². The topological polar surface area (TPSA) is 104 Å². The van der Waals surface area contributed by atoms with E-state index in [-0.39, 0.29) is 5.91 Å². The fourth-order valence-corrected chi connectivity index (χ4v) is 5.44. The number of carbonyl (C=O) groups excluding carboxylic acids is 1. The number of hydrogen-bond donors (Lipinski definition) is 2. The summed E-state index contributed by atoms with van der Waals surface area (Å²) in [6.07, 6.45) is 18.3. The van der Waals surface area contributed by atoms with Gasteiger partial charge in [0.1, 0.15) is 11.3 Å². The Morgan fingerprint density at radius 3 is 2.22 bits per heavy atom. The van der Waals surface area contributed by atoms with E-state index in [1.54, 1.807) is 7.11 Å². The zero-order valence-corrected chi connectivity index (χ0v) is 25.6. The second-order valence-electron chi connectivity index (χ2n) is 11.1. The van der Waals surface area contributed by atoms with E-state index in [9.17, 15) is 4.79 Å². The number of fused-ring (bicyclic) bond motifs is 3. The number of benzene rings is 1. The van der Waals surface area contributed by atoms with Crippen LogP contribution in [0, 0.1) is 0 Å². The standard InChI is InChI=1S/C33H53N5O3/c1-3-4-5-6-7-8-9-10-11-12-13-14-15-20-30(39)35-22-25-41-26-23-38-29(21-24-40-2)37-31-32(38)27-18-16-17-19-28(27)36-33(31)34/h16-19H,3-15,20-26H2,1-2H3,(H2,34,36)(H,35,39). The molecule has 0 aliphatic rings. The lowest BCUT2D eigenvalue weighted by molar-refractivity contribution is -0.121. The molecule has 228 valence electrons. The third-order valence-corrected chi connectivity index (χ3v) is 7.75. The van der Waals surface area contributed by atoms with Crippen LogP contribution in [0.25, 0.3) is 21.9 Å². The molecule has 0 radical (unpaired) electrons. The molecule has 2 aromatic heterocycles. The summed E-state index contributed by atoms with van der Waals surface area (Å²) in [4.78, 5) is 21.5. The molecule has 3 aromatic rings. The maximum atomic E-state index is 12.2. The van der Waals surface area contributed by atoms with Crippen LogP contribution in [0.15, 0.2) is 24.3 Å². The Balaban J connectivity index is 1.28. The van der Waals surface area contributed by atoms with E-state index >= 15 is 0 Å². The van der Waals surface area contributed by atoms with Gasteiger partial charge in [0.15, 0.2) is 5.82 Å². The van der Waals surface area contributed by atoms with E-state index < -0.39 is 0 Å². The van der Waals surface area contributed by atoms with Crippen molar-refractivity contribution in [3.05, 3.63) is 30.1 Å². The number of nitrogens with one attached hydrogen (secondary N) is 1. The number of para-hydroxylation sites is 1. The van der Waals surface area contributed by atoms with Crippen molar-refractivity contribution in [2.75, 3.05) is 39.2 Å². The number of hydrogen-bond acceptors (Lipinski definition) is 6. The van der Waals surface area contributed by atoms with Crippen LogP contribution < -0.4 is 11.1 Å². The number of anilines is 1. The largest absolute Gasteiger partial charge is 0.384 e. The predicted molar refractivity (Wildman–Crippen MR) is 169 cm³/mol. The molecule has 8 heteroatoms. The Hall–Kier alpha value is -2.71. The Labute approximate surface area is 246 Å². The smallest absolute Gasteiger partial charge is 0.220 e. The van der Waals surface area contributed by atoms with Crippen molar-refractivity contribution in [2.24, 2.45) is 0 Å². The quantitative estimate of drug-likeness (QED) is 0.120. The molecule has 8 nitrogen and oxygen atoms in total. The number of ether oxygens (including phenoxy) is 2. The molecule has 0 fully saturated rings. The fraction of sp³-hybridized carbons (Fsp3) is 0.667. The third-order valence-electron chi connectivity index (χ3n) is 7.75. The van der Waals surface area contributed by atoms with Crippen molar-refractivity contribution >= 4 is 33.7 Å². The van der Waals surface area contributed by atoms with Gasteiger partial charge in [0, 0.05) is 38.4 Å². The highest BCUT2D eigenvalue weighted by molar-refractivity contribution is 6.06. The summed E-state index contributed by atoms with van der Waals surface area (Å²) in [6, 6.07) is 7.98. The van der Waals surface area contributed by atoms with Crippen LogP contribution in [-0.2, 0) is 27.2 Å².